The lowest BCUT2D eigenvalue weighted by molar-refractivity contribution is -0.148. The maximum absolute atomic E-state index is 12.1. The van der Waals surface area contributed by atoms with Gasteiger partial charge >= 0.3 is 12.0 Å². The molecule has 3 amide bonds. The molecule has 0 atom stereocenters. The van der Waals surface area contributed by atoms with Crippen molar-refractivity contribution in [2.75, 3.05) is 26.7 Å². The number of aliphatic carboxylic acids is 1. The number of carbonyl (C=O) groups is 3. The summed E-state index contributed by atoms with van der Waals surface area (Å²) < 4.78 is 0. The first-order chi connectivity index (χ1) is 8.94. The largest absolute Gasteiger partial charge is 0.480 e. The smallest absolute Gasteiger partial charge is 0.329 e. The molecule has 1 saturated carbocycles. The van der Waals surface area contributed by atoms with E-state index in [4.69, 9.17) is 0 Å². The summed E-state index contributed by atoms with van der Waals surface area (Å²) in [5, 5.41) is 11.8. The molecule has 7 heteroatoms. The van der Waals surface area contributed by atoms with Crippen molar-refractivity contribution in [2.45, 2.75) is 31.2 Å². The number of hydrogen-bond acceptors (Lipinski definition) is 3. The number of nitrogens with one attached hydrogen (secondary N) is 1. The zero-order chi connectivity index (χ0) is 14.0. The zero-order valence-corrected chi connectivity index (χ0v) is 11.0. The molecule has 2 rings (SSSR count). The fraction of sp³-hybridized carbons (Fsp3) is 0.750. The zero-order valence-electron chi connectivity index (χ0n) is 11.0. The number of rotatable bonds is 2. The predicted molar refractivity (Wildman–Crippen MR) is 66.6 cm³/mol. The van der Waals surface area contributed by atoms with E-state index in [1.807, 2.05) is 0 Å². The second-order valence-corrected chi connectivity index (χ2v) is 5.26. The molecule has 2 aliphatic rings. The monoisotopic (exact) mass is 269 g/mol. The normalized spacial score (nSPS) is 22.5. The summed E-state index contributed by atoms with van der Waals surface area (Å²) in [5.74, 6) is -1.11. The Kier molecular flexibility index (Phi) is 3.64. The third-order valence-electron chi connectivity index (χ3n) is 3.92. The first-order valence-corrected chi connectivity index (χ1v) is 6.49. The van der Waals surface area contributed by atoms with Gasteiger partial charge in [-0.2, -0.15) is 0 Å². The number of carboxylic acids is 1. The Hall–Kier alpha value is -1.79. The van der Waals surface area contributed by atoms with Gasteiger partial charge in [0.05, 0.1) is 0 Å². The standard InChI is InChI=1S/C12H19N3O4/c1-14-6-3-7-15(8-9(14)16)11(19)13-12(10(17)18)4-2-5-12/h2-8H2,1H3,(H,13,19)(H,17,18). The van der Waals surface area contributed by atoms with E-state index in [-0.39, 0.29) is 12.5 Å². The lowest BCUT2D eigenvalue weighted by Crippen LogP contribution is -2.62. The van der Waals surface area contributed by atoms with Crippen LogP contribution >= 0.6 is 0 Å². The first kappa shape index (κ1) is 13.6. The van der Waals surface area contributed by atoms with Gasteiger partial charge in [0.2, 0.25) is 5.91 Å². The molecule has 2 N–H and O–H groups in total. The van der Waals surface area contributed by atoms with E-state index < -0.39 is 17.5 Å². The molecule has 0 unspecified atom stereocenters. The van der Waals surface area contributed by atoms with Gasteiger partial charge in [0, 0.05) is 20.1 Å². The molecule has 1 aliphatic carbocycles. The lowest BCUT2D eigenvalue weighted by atomic mass is 9.77. The van der Waals surface area contributed by atoms with Crippen molar-refractivity contribution in [1.29, 1.82) is 0 Å². The molecule has 106 valence electrons. The maximum atomic E-state index is 12.1. The average Bonchev–Trinajstić information content (AvgIpc) is 2.46. The fourth-order valence-electron chi connectivity index (χ4n) is 2.37. The molecular formula is C12H19N3O4. The summed E-state index contributed by atoms with van der Waals surface area (Å²) in [7, 11) is 1.70. The number of nitrogens with zero attached hydrogens (tertiary/aromatic N) is 2. The van der Waals surface area contributed by atoms with Crippen LogP contribution in [0.25, 0.3) is 0 Å². The molecule has 0 aromatic carbocycles. The lowest BCUT2D eigenvalue weighted by Gasteiger charge is -2.39. The molecular weight excluding hydrogens is 250 g/mol. The Labute approximate surface area is 111 Å². The van der Waals surface area contributed by atoms with Gasteiger partial charge in [-0.05, 0) is 25.7 Å². The summed E-state index contributed by atoms with van der Waals surface area (Å²) in [5.41, 5.74) is -1.13. The van der Waals surface area contributed by atoms with E-state index in [9.17, 15) is 19.5 Å². The first-order valence-electron chi connectivity index (χ1n) is 6.49. The van der Waals surface area contributed by atoms with Crippen LogP contribution in [-0.2, 0) is 9.59 Å². The minimum atomic E-state index is -1.13. The highest BCUT2D eigenvalue weighted by atomic mass is 16.4. The molecule has 2 fully saturated rings. The number of amides is 3. The summed E-state index contributed by atoms with van der Waals surface area (Å²) in [6.45, 7) is 1.10. The Balaban J connectivity index is 1.99. The van der Waals surface area contributed by atoms with Gasteiger partial charge in [0.1, 0.15) is 12.1 Å². The highest BCUT2D eigenvalue weighted by Crippen LogP contribution is 2.32. The van der Waals surface area contributed by atoms with Crippen molar-refractivity contribution in [3.63, 3.8) is 0 Å². The van der Waals surface area contributed by atoms with Crippen LogP contribution in [0.15, 0.2) is 0 Å². The van der Waals surface area contributed by atoms with Gasteiger partial charge in [-0.15, -0.1) is 0 Å². The quantitative estimate of drug-likeness (QED) is 0.730. The summed E-state index contributed by atoms with van der Waals surface area (Å²) >= 11 is 0. The van der Waals surface area contributed by atoms with Gasteiger partial charge in [-0.1, -0.05) is 0 Å². The van der Waals surface area contributed by atoms with Crippen LogP contribution in [0.4, 0.5) is 4.79 Å². The van der Waals surface area contributed by atoms with Crippen LogP contribution in [0.2, 0.25) is 0 Å². The average molecular weight is 269 g/mol. The summed E-state index contributed by atoms with van der Waals surface area (Å²) in [6.07, 6.45) is 2.41. The summed E-state index contributed by atoms with van der Waals surface area (Å²) in [4.78, 5) is 38.0. The van der Waals surface area contributed by atoms with Crippen molar-refractivity contribution >= 4 is 17.9 Å². The summed E-state index contributed by atoms with van der Waals surface area (Å²) in [6, 6.07) is -0.453. The second-order valence-electron chi connectivity index (χ2n) is 5.26. The molecule has 19 heavy (non-hydrogen) atoms. The van der Waals surface area contributed by atoms with Crippen molar-refractivity contribution in [2.24, 2.45) is 0 Å². The second kappa shape index (κ2) is 5.07. The van der Waals surface area contributed by atoms with Gasteiger partial charge in [-0.25, -0.2) is 9.59 Å². The molecule has 0 bridgehead atoms. The van der Waals surface area contributed by atoms with E-state index in [2.05, 4.69) is 5.32 Å². The predicted octanol–water partition coefficient (Wildman–Crippen LogP) is -0.133. The Bertz CT molecular complexity index is 406. The Morgan fingerprint density at radius 1 is 1.26 bits per heavy atom. The van der Waals surface area contributed by atoms with E-state index in [1.54, 1.807) is 11.9 Å². The van der Waals surface area contributed by atoms with Gasteiger partial charge in [0.25, 0.3) is 0 Å². The third kappa shape index (κ3) is 2.64. The van der Waals surface area contributed by atoms with E-state index in [1.165, 1.54) is 4.90 Å². The van der Waals surface area contributed by atoms with Crippen molar-refractivity contribution in [1.82, 2.24) is 15.1 Å². The van der Waals surface area contributed by atoms with Gasteiger partial charge < -0.3 is 20.2 Å². The van der Waals surface area contributed by atoms with Crippen LogP contribution in [0, 0.1) is 0 Å². The van der Waals surface area contributed by atoms with E-state index in [0.717, 1.165) is 6.42 Å². The van der Waals surface area contributed by atoms with Crippen LogP contribution in [0.1, 0.15) is 25.7 Å². The van der Waals surface area contributed by atoms with Crippen molar-refractivity contribution < 1.29 is 19.5 Å². The van der Waals surface area contributed by atoms with Crippen LogP contribution in [0.3, 0.4) is 0 Å². The molecule has 0 aromatic heterocycles. The fourth-order valence-corrected chi connectivity index (χ4v) is 2.37. The van der Waals surface area contributed by atoms with Gasteiger partial charge in [0.15, 0.2) is 0 Å². The Morgan fingerprint density at radius 2 is 1.95 bits per heavy atom. The van der Waals surface area contributed by atoms with E-state index in [0.29, 0.717) is 32.4 Å². The molecule has 0 radical (unpaired) electrons. The molecule has 1 saturated heterocycles. The number of urea groups is 1. The molecule has 0 aromatic rings. The van der Waals surface area contributed by atoms with E-state index >= 15 is 0 Å². The van der Waals surface area contributed by atoms with Gasteiger partial charge in [-0.3, -0.25) is 4.79 Å². The number of carboxylic acid groups (broad SMARTS) is 1. The highest BCUT2D eigenvalue weighted by molar-refractivity contribution is 5.89. The van der Waals surface area contributed by atoms with Crippen molar-refractivity contribution in [3.8, 4) is 0 Å². The number of carbonyl (C=O) groups excluding carboxylic acids is 2. The molecule has 7 nitrogen and oxygen atoms in total. The van der Waals surface area contributed by atoms with Crippen LogP contribution < -0.4 is 5.32 Å². The molecule has 1 heterocycles. The molecule has 1 aliphatic heterocycles. The Morgan fingerprint density at radius 3 is 2.47 bits per heavy atom. The van der Waals surface area contributed by atoms with Crippen LogP contribution in [-0.4, -0.2) is 65.0 Å². The minimum absolute atomic E-state index is 0.0119. The molecule has 0 spiro atoms. The highest BCUT2D eigenvalue weighted by Gasteiger charge is 2.46. The minimum Gasteiger partial charge on any atom is -0.480 e. The number of hydrogen-bond donors (Lipinski definition) is 2. The van der Waals surface area contributed by atoms with Crippen molar-refractivity contribution in [3.05, 3.63) is 0 Å². The maximum Gasteiger partial charge on any atom is 0.329 e. The number of likely N-dealkylation sites (N-methyl/N-ethyl adjacent to an activating group) is 1. The third-order valence-corrected chi connectivity index (χ3v) is 3.92. The topological polar surface area (TPSA) is 89.9 Å². The van der Waals surface area contributed by atoms with Crippen LogP contribution in [0.5, 0.6) is 0 Å². The SMILES string of the molecule is CN1CCCN(C(=O)NC2(C(=O)O)CCC2)CC1=O.